The first-order valence-corrected chi connectivity index (χ1v) is 18.9. The van der Waals surface area contributed by atoms with Crippen LogP contribution in [0.5, 0.6) is 0 Å². The SMILES string of the molecule is Fc1c(F)c(F)c([B-](c2c(F)c(F)c(F)c(F)c2F)(c2c(F)c(F)c(F)c(F)c2F)c2c(F)c(F)c(F)c(F)c2F)c(F)c1F.c1ccc(C[n+]2c(-c3ccccc3)ccc3ccccc32)cc1. The Kier molecular flexibility index (Phi) is 13.1. The average molecular weight is 975 g/mol. The molecule has 0 amide bonds. The lowest BCUT2D eigenvalue weighted by molar-refractivity contribution is -0.651. The number of pyridine rings is 1. The molecule has 0 radical (unpaired) electrons. The topological polar surface area (TPSA) is 3.88 Å². The summed E-state index contributed by atoms with van der Waals surface area (Å²) in [5, 5.41) is 1.27. The molecule has 350 valence electrons. The molecule has 0 unspecified atom stereocenters. The minimum absolute atomic E-state index is 0.867. The summed E-state index contributed by atoms with van der Waals surface area (Å²) in [5.74, 6) is -71.4. The van der Waals surface area contributed by atoms with Crippen molar-refractivity contribution in [3.63, 3.8) is 0 Å². The molecular formula is C46H18BF20N. The predicted octanol–water partition coefficient (Wildman–Crippen LogP) is 10.7. The molecule has 8 rings (SSSR count). The second kappa shape index (κ2) is 18.4. The average Bonchev–Trinajstić information content (AvgIpc) is 3.34. The van der Waals surface area contributed by atoms with Crippen LogP contribution in [0.1, 0.15) is 5.56 Å². The molecule has 22 heteroatoms. The van der Waals surface area contributed by atoms with Crippen molar-refractivity contribution in [2.45, 2.75) is 6.54 Å². The van der Waals surface area contributed by atoms with Gasteiger partial charge in [-0.05, 0) is 24.3 Å². The molecule has 0 aliphatic carbocycles. The van der Waals surface area contributed by atoms with Crippen molar-refractivity contribution in [2.75, 3.05) is 0 Å². The van der Waals surface area contributed by atoms with Crippen molar-refractivity contribution in [1.29, 1.82) is 0 Å². The van der Waals surface area contributed by atoms with E-state index in [4.69, 9.17) is 0 Å². The lowest BCUT2D eigenvalue weighted by Crippen LogP contribution is -2.81. The quantitative estimate of drug-likeness (QED) is 0.0493. The highest BCUT2D eigenvalue weighted by atomic mass is 19.2. The van der Waals surface area contributed by atoms with Crippen LogP contribution in [0.15, 0.2) is 97.1 Å². The van der Waals surface area contributed by atoms with Crippen LogP contribution in [0, 0.1) is 116 Å². The highest BCUT2D eigenvalue weighted by molar-refractivity contribution is 7.20. The van der Waals surface area contributed by atoms with Crippen LogP contribution in [0.3, 0.4) is 0 Å². The number of hydrogen-bond acceptors (Lipinski definition) is 0. The highest BCUT2D eigenvalue weighted by Gasteiger charge is 2.52. The number of benzene rings is 7. The number of aromatic nitrogens is 1. The van der Waals surface area contributed by atoms with Gasteiger partial charge in [-0.3, -0.25) is 0 Å². The summed E-state index contributed by atoms with van der Waals surface area (Å²) >= 11 is 0. The van der Waals surface area contributed by atoms with E-state index < -0.39 is 144 Å². The van der Waals surface area contributed by atoms with Gasteiger partial charge in [0.25, 0.3) is 0 Å². The van der Waals surface area contributed by atoms with Crippen molar-refractivity contribution in [1.82, 2.24) is 0 Å². The van der Waals surface area contributed by atoms with E-state index in [1.54, 1.807) is 0 Å². The molecule has 0 saturated carbocycles. The van der Waals surface area contributed by atoms with Gasteiger partial charge in [0.1, 0.15) is 52.7 Å². The van der Waals surface area contributed by atoms with Crippen LogP contribution in [0.4, 0.5) is 87.8 Å². The summed E-state index contributed by atoms with van der Waals surface area (Å²) in [7, 11) is 0. The molecule has 0 fully saturated rings. The Morgan fingerprint density at radius 2 is 0.559 bits per heavy atom. The first kappa shape index (κ1) is 48.5. The second-order valence-corrected chi connectivity index (χ2v) is 14.5. The number of hydrogen-bond donors (Lipinski definition) is 0. The summed E-state index contributed by atoms with van der Waals surface area (Å²) in [4.78, 5) is 0. The van der Waals surface area contributed by atoms with E-state index in [1.165, 1.54) is 27.7 Å². The molecule has 1 heterocycles. The van der Waals surface area contributed by atoms with Crippen LogP contribution in [-0.2, 0) is 6.54 Å². The van der Waals surface area contributed by atoms with Crippen LogP contribution >= 0.6 is 0 Å². The van der Waals surface area contributed by atoms with E-state index in [0.717, 1.165) is 6.54 Å². The number of nitrogens with zero attached hydrogens (tertiary/aromatic N) is 1. The van der Waals surface area contributed by atoms with E-state index in [0.29, 0.717) is 0 Å². The van der Waals surface area contributed by atoms with E-state index in [-0.39, 0.29) is 0 Å². The lowest BCUT2D eigenvalue weighted by Gasteiger charge is -2.44. The smallest absolute Gasteiger partial charge is 0.207 e. The van der Waals surface area contributed by atoms with Crippen molar-refractivity contribution in [3.05, 3.63) is 219 Å². The van der Waals surface area contributed by atoms with Gasteiger partial charge in [-0.1, -0.05) is 60.7 Å². The summed E-state index contributed by atoms with van der Waals surface area (Å²) in [5.41, 5.74) is -9.27. The standard InChI is InChI=1S/C24BF20.C22H18N/c26-5-1(6(27)14(35)21(42)13(5)34)25(2-7(28)15(36)22(43)16(37)8(2)29,3-9(30)17(38)23(44)18(39)10(3)31)4-11(32)19(40)24(45)20(41)12(4)33;1-3-9-18(10-4-1)17-23-21-14-8-7-13-20(21)15-16-22(23)19-11-5-2-6-12-19/h;1-16H,17H2/q-1;+1. The van der Waals surface area contributed by atoms with Gasteiger partial charge in [0.15, 0.2) is 76.4 Å². The fraction of sp³-hybridized carbons (Fsp3) is 0.0217. The third-order valence-electron chi connectivity index (χ3n) is 10.9. The molecule has 68 heavy (non-hydrogen) atoms. The maximum atomic E-state index is 15.4. The normalized spacial score (nSPS) is 11.6. The number of rotatable bonds is 7. The summed E-state index contributed by atoms with van der Waals surface area (Å²) in [6, 6.07) is 34.2. The van der Waals surface area contributed by atoms with Gasteiger partial charge >= 0.3 is 0 Å². The molecule has 8 aromatic rings. The highest BCUT2D eigenvalue weighted by Crippen LogP contribution is 2.31. The maximum absolute atomic E-state index is 15.4. The molecule has 0 aliphatic rings. The molecule has 0 N–H and O–H groups in total. The van der Waals surface area contributed by atoms with Crippen LogP contribution in [-0.4, -0.2) is 6.15 Å². The van der Waals surface area contributed by atoms with Gasteiger partial charge in [-0.2, -0.15) is 4.57 Å². The minimum atomic E-state index is -7.22. The number of fused-ring (bicyclic) bond motifs is 1. The van der Waals surface area contributed by atoms with Crippen LogP contribution in [0.2, 0.25) is 0 Å². The van der Waals surface area contributed by atoms with Crippen LogP contribution < -0.4 is 26.4 Å². The molecule has 0 saturated heterocycles. The van der Waals surface area contributed by atoms with Gasteiger partial charge in [0.2, 0.25) is 11.2 Å². The lowest BCUT2D eigenvalue weighted by atomic mass is 9.12. The molecule has 1 aromatic heterocycles. The van der Waals surface area contributed by atoms with E-state index in [1.807, 2.05) is 0 Å². The van der Waals surface area contributed by atoms with Gasteiger partial charge in [-0.25, -0.2) is 87.8 Å². The van der Waals surface area contributed by atoms with E-state index >= 15 is 35.1 Å². The van der Waals surface area contributed by atoms with Gasteiger partial charge in [-0.15, -0.1) is 21.9 Å². The fourth-order valence-electron chi connectivity index (χ4n) is 7.93. The Hall–Kier alpha value is -7.39. The van der Waals surface area contributed by atoms with Gasteiger partial charge in [0, 0.05) is 28.6 Å². The Morgan fingerprint density at radius 1 is 0.279 bits per heavy atom. The zero-order chi connectivity index (χ0) is 49.8. The molecule has 0 aliphatic heterocycles. The molecule has 0 spiro atoms. The monoisotopic (exact) mass is 975 g/mol. The van der Waals surface area contributed by atoms with E-state index in [2.05, 4.69) is 102 Å². The van der Waals surface area contributed by atoms with Crippen molar-refractivity contribution < 1.29 is 92.4 Å². The van der Waals surface area contributed by atoms with Crippen molar-refractivity contribution in [2.24, 2.45) is 0 Å². The second-order valence-electron chi connectivity index (χ2n) is 14.5. The summed E-state index contributed by atoms with van der Waals surface area (Å²) in [6.45, 7) is 0.867. The van der Waals surface area contributed by atoms with Gasteiger partial charge < -0.3 is 0 Å². The molecule has 0 atom stereocenters. The first-order valence-electron chi connectivity index (χ1n) is 18.9. The summed E-state index contributed by atoms with van der Waals surface area (Å²) < 4.78 is 296. The Morgan fingerprint density at radius 3 is 0.897 bits per heavy atom. The molecule has 0 bridgehead atoms. The number of halogens is 20. The maximum Gasteiger partial charge on any atom is 0.213 e. The largest absolute Gasteiger partial charge is 0.213 e. The third kappa shape index (κ3) is 7.54. The van der Waals surface area contributed by atoms with Crippen LogP contribution in [0.25, 0.3) is 22.2 Å². The molecular weight excluding hydrogens is 957 g/mol. The first-order chi connectivity index (χ1) is 32.1. The van der Waals surface area contributed by atoms with Crippen molar-refractivity contribution >= 4 is 38.9 Å². The fourth-order valence-corrected chi connectivity index (χ4v) is 7.93. The van der Waals surface area contributed by atoms with E-state index in [9.17, 15) is 52.7 Å². The Labute approximate surface area is 367 Å². The molecule has 1 nitrogen and oxygen atoms in total. The Bertz CT molecular complexity index is 2930. The van der Waals surface area contributed by atoms with Gasteiger partial charge in [0.05, 0.1) is 0 Å². The zero-order valence-electron chi connectivity index (χ0n) is 33.0. The third-order valence-corrected chi connectivity index (χ3v) is 10.9. The predicted molar refractivity (Wildman–Crippen MR) is 204 cm³/mol. The minimum Gasteiger partial charge on any atom is -0.207 e. The van der Waals surface area contributed by atoms with Crippen molar-refractivity contribution in [3.8, 4) is 11.3 Å². The summed E-state index contributed by atoms with van der Waals surface area (Å²) in [6.07, 6.45) is -7.22. The Balaban J connectivity index is 0.000000246. The zero-order valence-corrected chi connectivity index (χ0v) is 33.0. The molecule has 7 aromatic carbocycles. The number of para-hydroxylation sites is 1.